The Bertz CT molecular complexity index is 198. The lowest BCUT2D eigenvalue weighted by atomic mass is 10.1. The molecule has 19 heavy (non-hydrogen) atoms. The Morgan fingerprint density at radius 3 is 1.79 bits per heavy atom. The van der Waals surface area contributed by atoms with E-state index < -0.39 is 0 Å². The zero-order valence-corrected chi connectivity index (χ0v) is 13.8. The molecule has 0 saturated heterocycles. The molecule has 1 unspecified atom stereocenters. The van der Waals surface area contributed by atoms with Crippen LogP contribution in [0.1, 0.15) is 97.8 Å². The van der Waals surface area contributed by atoms with Crippen molar-refractivity contribution in [1.82, 2.24) is 5.32 Å². The van der Waals surface area contributed by atoms with Crippen molar-refractivity contribution >= 4 is 0 Å². The van der Waals surface area contributed by atoms with Crippen molar-refractivity contribution in [3.05, 3.63) is 12.3 Å². The largest absolute Gasteiger partial charge is 0.386 e. The fraction of sp³-hybridized carbons (Fsp3) is 0.889. The Labute approximate surface area is 122 Å². The highest BCUT2D eigenvalue weighted by atomic mass is 14.9. The van der Waals surface area contributed by atoms with Gasteiger partial charge in [-0.15, -0.1) is 0 Å². The molecule has 1 N–H and O–H groups in total. The minimum absolute atomic E-state index is 0.579. The van der Waals surface area contributed by atoms with Crippen LogP contribution in [0.3, 0.4) is 0 Å². The first-order valence-electron chi connectivity index (χ1n) is 8.65. The molecule has 1 nitrogen and oxygen atoms in total. The fourth-order valence-electron chi connectivity index (χ4n) is 2.35. The average molecular weight is 268 g/mol. The molecule has 0 rings (SSSR count). The van der Waals surface area contributed by atoms with Crippen LogP contribution in [0.15, 0.2) is 12.3 Å². The second-order valence-corrected chi connectivity index (χ2v) is 5.99. The smallest absolute Gasteiger partial charge is 0.0227 e. The maximum Gasteiger partial charge on any atom is 0.0227 e. The third-order valence-electron chi connectivity index (χ3n) is 3.90. The summed E-state index contributed by atoms with van der Waals surface area (Å²) in [5, 5.41) is 3.47. The quantitative estimate of drug-likeness (QED) is 0.369. The van der Waals surface area contributed by atoms with Crippen LogP contribution in [-0.2, 0) is 0 Å². The van der Waals surface area contributed by atoms with Gasteiger partial charge in [0.1, 0.15) is 0 Å². The van der Waals surface area contributed by atoms with Gasteiger partial charge in [-0.05, 0) is 26.2 Å². The van der Waals surface area contributed by atoms with Crippen LogP contribution >= 0.6 is 0 Å². The Kier molecular flexibility index (Phi) is 13.6. The minimum Gasteiger partial charge on any atom is -0.386 e. The fourth-order valence-corrected chi connectivity index (χ4v) is 2.35. The van der Waals surface area contributed by atoms with Gasteiger partial charge in [-0.3, -0.25) is 0 Å². The molecule has 1 atom stereocenters. The van der Waals surface area contributed by atoms with Crippen molar-refractivity contribution in [1.29, 1.82) is 0 Å². The van der Waals surface area contributed by atoms with E-state index in [1.165, 1.54) is 76.3 Å². The highest BCUT2D eigenvalue weighted by molar-refractivity contribution is 4.92. The van der Waals surface area contributed by atoms with Crippen LogP contribution in [0.2, 0.25) is 0 Å². The summed E-state index contributed by atoms with van der Waals surface area (Å²) in [5.74, 6) is 0. The van der Waals surface area contributed by atoms with Gasteiger partial charge in [0.15, 0.2) is 0 Å². The van der Waals surface area contributed by atoms with Gasteiger partial charge in [0.2, 0.25) is 0 Å². The first kappa shape index (κ1) is 18.5. The minimum atomic E-state index is 0.579. The van der Waals surface area contributed by atoms with Crippen LogP contribution in [0, 0.1) is 0 Å². The van der Waals surface area contributed by atoms with Crippen LogP contribution in [-0.4, -0.2) is 6.04 Å². The average Bonchev–Trinajstić information content (AvgIpc) is 2.40. The van der Waals surface area contributed by atoms with Gasteiger partial charge in [-0.1, -0.05) is 78.2 Å². The van der Waals surface area contributed by atoms with Gasteiger partial charge in [0.05, 0.1) is 0 Å². The number of hydrogen-bond acceptors (Lipinski definition) is 1. The van der Waals surface area contributed by atoms with Crippen molar-refractivity contribution < 1.29 is 0 Å². The van der Waals surface area contributed by atoms with E-state index in [2.05, 4.69) is 32.7 Å². The van der Waals surface area contributed by atoms with Gasteiger partial charge in [-0.2, -0.15) is 0 Å². The highest BCUT2D eigenvalue weighted by Gasteiger charge is 1.99. The molecule has 0 aliphatic rings. The summed E-state index contributed by atoms with van der Waals surface area (Å²) in [6.45, 7) is 10.8. The van der Waals surface area contributed by atoms with Crippen LogP contribution in [0.25, 0.3) is 0 Å². The van der Waals surface area contributed by atoms with E-state index in [-0.39, 0.29) is 0 Å². The zero-order valence-electron chi connectivity index (χ0n) is 13.8. The molecule has 0 spiro atoms. The highest BCUT2D eigenvalue weighted by Crippen LogP contribution is 2.12. The van der Waals surface area contributed by atoms with Crippen molar-refractivity contribution in [2.45, 2.75) is 104 Å². The predicted octanol–water partition coefficient (Wildman–Crippen LogP) is 6.20. The van der Waals surface area contributed by atoms with E-state index >= 15 is 0 Å². The van der Waals surface area contributed by atoms with Gasteiger partial charge >= 0.3 is 0 Å². The normalized spacial score (nSPS) is 12.4. The van der Waals surface area contributed by atoms with Crippen molar-refractivity contribution in [3.8, 4) is 0 Å². The molecule has 0 aliphatic carbocycles. The maximum absolute atomic E-state index is 4.11. The van der Waals surface area contributed by atoms with Gasteiger partial charge in [0.25, 0.3) is 0 Å². The van der Waals surface area contributed by atoms with Crippen molar-refractivity contribution in [2.24, 2.45) is 0 Å². The summed E-state index contributed by atoms with van der Waals surface area (Å²) in [4.78, 5) is 0. The van der Waals surface area contributed by atoms with E-state index in [0.717, 1.165) is 6.42 Å². The molecular weight excluding hydrogens is 230 g/mol. The molecule has 0 fully saturated rings. The van der Waals surface area contributed by atoms with Crippen LogP contribution in [0.4, 0.5) is 0 Å². The summed E-state index contributed by atoms with van der Waals surface area (Å²) in [5.41, 5.74) is 1.23. The first-order chi connectivity index (χ1) is 9.20. The molecule has 0 aliphatic heterocycles. The standard InChI is InChI=1S/C18H37N/c1-5-7-8-9-10-11-12-13-14-15-16-18(4)19-17(3)6-2/h17,19H,4-16H2,1-3H3. The van der Waals surface area contributed by atoms with Crippen LogP contribution < -0.4 is 5.32 Å². The van der Waals surface area contributed by atoms with E-state index in [0.29, 0.717) is 6.04 Å². The molecule has 0 saturated carbocycles. The summed E-state index contributed by atoms with van der Waals surface area (Å²) in [7, 11) is 0. The van der Waals surface area contributed by atoms with Crippen LogP contribution in [0.5, 0.6) is 0 Å². The second kappa shape index (κ2) is 14.0. The van der Waals surface area contributed by atoms with E-state index in [1.54, 1.807) is 0 Å². The van der Waals surface area contributed by atoms with Gasteiger partial charge in [0, 0.05) is 11.7 Å². The first-order valence-corrected chi connectivity index (χ1v) is 8.65. The van der Waals surface area contributed by atoms with Gasteiger partial charge < -0.3 is 5.32 Å². The second-order valence-electron chi connectivity index (χ2n) is 5.99. The van der Waals surface area contributed by atoms with Crippen molar-refractivity contribution in [2.75, 3.05) is 0 Å². The molecule has 114 valence electrons. The SMILES string of the molecule is C=C(CCCCCCCCCCCC)NC(C)CC. The number of rotatable bonds is 14. The molecule has 0 aromatic heterocycles. The summed E-state index contributed by atoms with van der Waals surface area (Å²) in [6, 6.07) is 0.579. The summed E-state index contributed by atoms with van der Waals surface area (Å²) >= 11 is 0. The Balaban J connectivity index is 3.16. The molecule has 0 radical (unpaired) electrons. The maximum atomic E-state index is 4.11. The lowest BCUT2D eigenvalue weighted by Gasteiger charge is -2.15. The topological polar surface area (TPSA) is 12.0 Å². The molecule has 0 heterocycles. The summed E-state index contributed by atoms with van der Waals surface area (Å²) < 4.78 is 0. The van der Waals surface area contributed by atoms with E-state index in [9.17, 15) is 0 Å². The third kappa shape index (κ3) is 13.8. The Morgan fingerprint density at radius 2 is 1.32 bits per heavy atom. The lowest BCUT2D eigenvalue weighted by Crippen LogP contribution is -2.23. The molecule has 0 aromatic carbocycles. The number of unbranched alkanes of at least 4 members (excludes halogenated alkanes) is 9. The number of nitrogens with one attached hydrogen (secondary N) is 1. The molecule has 1 heteroatoms. The molecule has 0 aromatic rings. The Morgan fingerprint density at radius 1 is 0.842 bits per heavy atom. The van der Waals surface area contributed by atoms with E-state index in [4.69, 9.17) is 0 Å². The van der Waals surface area contributed by atoms with E-state index in [1.807, 2.05) is 0 Å². The number of allylic oxidation sites excluding steroid dienone is 1. The molecule has 0 bridgehead atoms. The Hall–Kier alpha value is -0.460. The summed E-state index contributed by atoms with van der Waals surface area (Å²) in [6.07, 6.45) is 16.4. The monoisotopic (exact) mass is 267 g/mol. The zero-order chi connectivity index (χ0) is 14.3. The third-order valence-corrected chi connectivity index (χ3v) is 3.90. The number of hydrogen-bond donors (Lipinski definition) is 1. The predicted molar refractivity (Wildman–Crippen MR) is 88.5 cm³/mol. The molecule has 0 amide bonds. The lowest BCUT2D eigenvalue weighted by molar-refractivity contribution is 0.540. The molecular formula is C18H37N. The van der Waals surface area contributed by atoms with Gasteiger partial charge in [-0.25, -0.2) is 0 Å². The van der Waals surface area contributed by atoms with Crippen molar-refractivity contribution in [3.63, 3.8) is 0 Å².